The minimum absolute atomic E-state index is 0.218. The number of amides is 1. The maximum absolute atomic E-state index is 11.1. The van der Waals surface area contributed by atoms with Crippen LogP contribution >= 0.6 is 11.6 Å². The summed E-state index contributed by atoms with van der Waals surface area (Å²) < 4.78 is 0. The standard InChI is InChI=1S/C11H10ClNO/c1-13(2)11(14)7-6-9-4-3-5-10(12)8-9/h3-5,8H,1-2H3. The van der Waals surface area contributed by atoms with Crippen LogP contribution in [-0.2, 0) is 4.79 Å². The van der Waals surface area contributed by atoms with Gasteiger partial charge < -0.3 is 4.90 Å². The molecule has 0 aliphatic rings. The summed E-state index contributed by atoms with van der Waals surface area (Å²) in [6.45, 7) is 0. The van der Waals surface area contributed by atoms with E-state index in [1.54, 1.807) is 32.3 Å². The normalized spacial score (nSPS) is 8.79. The van der Waals surface area contributed by atoms with Crippen molar-refractivity contribution in [3.05, 3.63) is 34.9 Å². The molecule has 0 bridgehead atoms. The lowest BCUT2D eigenvalue weighted by atomic mass is 10.2. The molecule has 0 aromatic heterocycles. The molecule has 0 fully saturated rings. The molecule has 3 heteroatoms. The van der Waals surface area contributed by atoms with E-state index < -0.39 is 0 Å². The third kappa shape index (κ3) is 3.12. The minimum atomic E-state index is -0.218. The van der Waals surface area contributed by atoms with Crippen LogP contribution in [-0.4, -0.2) is 24.9 Å². The SMILES string of the molecule is CN(C)C(=O)C#Cc1cccc(Cl)c1. The van der Waals surface area contributed by atoms with Crippen molar-refractivity contribution >= 4 is 17.5 Å². The lowest BCUT2D eigenvalue weighted by molar-refractivity contribution is -0.122. The molecule has 0 saturated carbocycles. The molecule has 2 nitrogen and oxygen atoms in total. The first-order valence-corrected chi connectivity index (χ1v) is 4.46. The summed E-state index contributed by atoms with van der Waals surface area (Å²) in [5.41, 5.74) is 0.743. The summed E-state index contributed by atoms with van der Waals surface area (Å²) in [7, 11) is 3.32. The highest BCUT2D eigenvalue weighted by atomic mass is 35.5. The monoisotopic (exact) mass is 207 g/mol. The Hall–Kier alpha value is -1.46. The molecule has 1 aromatic rings. The second kappa shape index (κ2) is 4.69. The van der Waals surface area contributed by atoms with Gasteiger partial charge in [-0.25, -0.2) is 0 Å². The number of carbonyl (C=O) groups is 1. The summed E-state index contributed by atoms with van der Waals surface area (Å²) in [5, 5.41) is 0.620. The lowest BCUT2D eigenvalue weighted by Gasteiger charge is -2.02. The second-order valence-electron chi connectivity index (χ2n) is 2.96. The van der Waals surface area contributed by atoms with E-state index in [0.717, 1.165) is 5.56 Å². The average molecular weight is 208 g/mol. The number of hydrogen-bond donors (Lipinski definition) is 0. The van der Waals surface area contributed by atoms with Crippen molar-refractivity contribution in [2.75, 3.05) is 14.1 Å². The third-order valence-electron chi connectivity index (χ3n) is 1.54. The summed E-state index contributed by atoms with van der Waals surface area (Å²) in [6, 6.07) is 7.09. The smallest absolute Gasteiger partial charge is 0.298 e. The minimum Gasteiger partial charge on any atom is -0.338 e. The van der Waals surface area contributed by atoms with Gasteiger partial charge in [-0.05, 0) is 18.2 Å². The Morgan fingerprint density at radius 3 is 2.71 bits per heavy atom. The van der Waals surface area contributed by atoms with E-state index in [0.29, 0.717) is 5.02 Å². The predicted octanol–water partition coefficient (Wildman–Crippen LogP) is 1.78. The van der Waals surface area contributed by atoms with E-state index in [9.17, 15) is 4.79 Å². The Labute approximate surface area is 88.5 Å². The molecule has 0 aliphatic heterocycles. The van der Waals surface area contributed by atoms with Gasteiger partial charge in [0, 0.05) is 30.6 Å². The summed E-state index contributed by atoms with van der Waals surface area (Å²) in [6.07, 6.45) is 0. The van der Waals surface area contributed by atoms with Gasteiger partial charge in [-0.1, -0.05) is 23.6 Å². The molecule has 0 N–H and O–H groups in total. The van der Waals surface area contributed by atoms with Gasteiger partial charge in [0.1, 0.15) is 0 Å². The van der Waals surface area contributed by atoms with Crippen LogP contribution in [0.3, 0.4) is 0 Å². The van der Waals surface area contributed by atoms with Gasteiger partial charge in [0.2, 0.25) is 0 Å². The largest absolute Gasteiger partial charge is 0.338 e. The molecule has 0 heterocycles. The van der Waals surface area contributed by atoms with Crippen molar-refractivity contribution in [1.82, 2.24) is 4.90 Å². The zero-order chi connectivity index (χ0) is 10.6. The fourth-order valence-corrected chi connectivity index (χ4v) is 0.994. The first kappa shape index (κ1) is 10.6. The van der Waals surface area contributed by atoms with Gasteiger partial charge in [-0.15, -0.1) is 0 Å². The van der Waals surface area contributed by atoms with Gasteiger partial charge >= 0.3 is 0 Å². The van der Waals surface area contributed by atoms with Crippen LogP contribution in [0.25, 0.3) is 0 Å². The fourth-order valence-electron chi connectivity index (χ4n) is 0.804. The quantitative estimate of drug-likeness (QED) is 0.594. The first-order chi connectivity index (χ1) is 6.59. The molecular weight excluding hydrogens is 198 g/mol. The molecular formula is C11H10ClNO. The Kier molecular flexibility index (Phi) is 3.55. The molecule has 0 radical (unpaired) electrons. The number of nitrogens with zero attached hydrogens (tertiary/aromatic N) is 1. The van der Waals surface area contributed by atoms with Crippen LogP contribution in [0, 0.1) is 11.8 Å². The highest BCUT2D eigenvalue weighted by Crippen LogP contribution is 2.09. The Morgan fingerprint density at radius 1 is 1.43 bits per heavy atom. The van der Waals surface area contributed by atoms with E-state index in [1.165, 1.54) is 4.90 Å². The Bertz CT molecular complexity index is 401. The number of rotatable bonds is 0. The molecule has 72 valence electrons. The van der Waals surface area contributed by atoms with Gasteiger partial charge in [-0.2, -0.15) is 0 Å². The van der Waals surface area contributed by atoms with Crippen molar-refractivity contribution in [2.24, 2.45) is 0 Å². The van der Waals surface area contributed by atoms with E-state index in [2.05, 4.69) is 11.8 Å². The topological polar surface area (TPSA) is 20.3 Å². The number of halogens is 1. The average Bonchev–Trinajstić information content (AvgIpc) is 2.14. The molecule has 1 rings (SSSR count). The van der Waals surface area contributed by atoms with Crippen LogP contribution in [0.5, 0.6) is 0 Å². The van der Waals surface area contributed by atoms with Crippen LogP contribution in [0.15, 0.2) is 24.3 Å². The van der Waals surface area contributed by atoms with Crippen molar-refractivity contribution in [2.45, 2.75) is 0 Å². The highest BCUT2D eigenvalue weighted by Gasteiger charge is 1.96. The second-order valence-corrected chi connectivity index (χ2v) is 3.40. The number of carbonyl (C=O) groups excluding carboxylic acids is 1. The van der Waals surface area contributed by atoms with Crippen molar-refractivity contribution in [1.29, 1.82) is 0 Å². The highest BCUT2D eigenvalue weighted by molar-refractivity contribution is 6.30. The van der Waals surface area contributed by atoms with Crippen LogP contribution < -0.4 is 0 Å². The van der Waals surface area contributed by atoms with Gasteiger partial charge in [0.25, 0.3) is 5.91 Å². The molecule has 0 atom stereocenters. The van der Waals surface area contributed by atoms with Crippen LogP contribution in [0.4, 0.5) is 0 Å². The van der Waals surface area contributed by atoms with Crippen LogP contribution in [0.2, 0.25) is 5.02 Å². The maximum Gasteiger partial charge on any atom is 0.298 e. The molecule has 0 saturated heterocycles. The summed E-state index contributed by atoms with van der Waals surface area (Å²) >= 11 is 5.76. The van der Waals surface area contributed by atoms with E-state index >= 15 is 0 Å². The van der Waals surface area contributed by atoms with E-state index in [4.69, 9.17) is 11.6 Å². The summed E-state index contributed by atoms with van der Waals surface area (Å²) in [4.78, 5) is 12.5. The third-order valence-corrected chi connectivity index (χ3v) is 1.78. The Balaban J connectivity index is 2.83. The van der Waals surface area contributed by atoms with Crippen molar-refractivity contribution in [3.63, 3.8) is 0 Å². The van der Waals surface area contributed by atoms with E-state index in [-0.39, 0.29) is 5.91 Å². The number of hydrogen-bond acceptors (Lipinski definition) is 1. The molecule has 1 aromatic carbocycles. The molecule has 0 aliphatic carbocycles. The predicted molar refractivity (Wildman–Crippen MR) is 57.0 cm³/mol. The first-order valence-electron chi connectivity index (χ1n) is 4.08. The lowest BCUT2D eigenvalue weighted by Crippen LogP contribution is -2.19. The molecule has 0 spiro atoms. The van der Waals surface area contributed by atoms with Crippen molar-refractivity contribution < 1.29 is 4.79 Å². The van der Waals surface area contributed by atoms with Gasteiger partial charge in [0.15, 0.2) is 0 Å². The number of benzene rings is 1. The van der Waals surface area contributed by atoms with E-state index in [1.807, 2.05) is 6.07 Å². The Morgan fingerprint density at radius 2 is 2.14 bits per heavy atom. The van der Waals surface area contributed by atoms with Crippen molar-refractivity contribution in [3.8, 4) is 11.8 Å². The zero-order valence-corrected chi connectivity index (χ0v) is 8.80. The fraction of sp³-hybridized carbons (Fsp3) is 0.182. The molecule has 1 amide bonds. The van der Waals surface area contributed by atoms with Gasteiger partial charge in [-0.3, -0.25) is 4.79 Å². The van der Waals surface area contributed by atoms with Crippen LogP contribution in [0.1, 0.15) is 5.56 Å². The molecule has 14 heavy (non-hydrogen) atoms. The zero-order valence-electron chi connectivity index (χ0n) is 8.04. The summed E-state index contributed by atoms with van der Waals surface area (Å²) in [5.74, 6) is 5.03. The van der Waals surface area contributed by atoms with Gasteiger partial charge in [0.05, 0.1) is 0 Å². The maximum atomic E-state index is 11.1. The molecule has 0 unspecified atom stereocenters.